The Morgan fingerprint density at radius 2 is 2.20 bits per heavy atom. The van der Waals surface area contributed by atoms with Gasteiger partial charge in [0.25, 0.3) is 0 Å². The maximum Gasteiger partial charge on any atom is 0.307 e. The number of carboxylic acids is 1. The van der Waals surface area contributed by atoms with Gasteiger partial charge in [0, 0.05) is 18.0 Å². The molecule has 2 unspecified atom stereocenters. The molecule has 1 fully saturated rings. The summed E-state index contributed by atoms with van der Waals surface area (Å²) in [6, 6.07) is 1.87. The number of carbonyl (C=O) groups is 1. The lowest BCUT2D eigenvalue weighted by Gasteiger charge is -1.97. The number of hydrogen-bond acceptors (Lipinski definition) is 5. The highest BCUT2D eigenvalue weighted by atomic mass is 16.5. The number of hydrogen-bond donors (Lipinski definition) is 1. The maximum atomic E-state index is 11.2. The van der Waals surface area contributed by atoms with Gasteiger partial charge in [0.15, 0.2) is 0 Å². The van der Waals surface area contributed by atoms with Gasteiger partial charge in [-0.05, 0) is 24.0 Å². The Bertz CT molecular complexity index is 678. The van der Waals surface area contributed by atoms with Gasteiger partial charge in [0.1, 0.15) is 0 Å². The number of aryl methyl sites for hydroxylation is 1. The summed E-state index contributed by atoms with van der Waals surface area (Å²) in [6.45, 7) is 5.74. The van der Waals surface area contributed by atoms with Crippen LogP contribution in [0.4, 0.5) is 0 Å². The highest BCUT2D eigenvalue weighted by Crippen LogP contribution is 2.64. The number of aromatic nitrogens is 3. The van der Waals surface area contributed by atoms with Crippen molar-refractivity contribution in [2.45, 2.75) is 26.7 Å². The van der Waals surface area contributed by atoms with E-state index in [2.05, 4.69) is 15.1 Å². The third-order valence-corrected chi connectivity index (χ3v) is 4.08. The van der Waals surface area contributed by atoms with Gasteiger partial charge in [0.05, 0.1) is 11.8 Å². The molecule has 6 nitrogen and oxygen atoms in total. The Balaban J connectivity index is 1.93. The van der Waals surface area contributed by atoms with Gasteiger partial charge in [-0.25, -0.2) is 0 Å². The van der Waals surface area contributed by atoms with Crippen LogP contribution in [0.2, 0.25) is 0 Å². The largest absolute Gasteiger partial charge is 0.481 e. The fourth-order valence-electron chi connectivity index (χ4n) is 2.73. The van der Waals surface area contributed by atoms with E-state index in [1.54, 1.807) is 12.4 Å². The first-order valence-electron chi connectivity index (χ1n) is 6.40. The fraction of sp³-hybridized carbons (Fsp3) is 0.429. The van der Waals surface area contributed by atoms with Crippen molar-refractivity contribution in [3.8, 4) is 11.4 Å². The predicted molar refractivity (Wildman–Crippen MR) is 69.9 cm³/mol. The zero-order chi connectivity index (χ0) is 14.5. The lowest BCUT2D eigenvalue weighted by molar-refractivity contribution is -0.139. The van der Waals surface area contributed by atoms with Crippen LogP contribution in [0.3, 0.4) is 0 Å². The van der Waals surface area contributed by atoms with Crippen LogP contribution in [0, 0.1) is 18.3 Å². The average molecular weight is 273 g/mol. The number of aliphatic carboxylic acids is 1. The molecule has 0 radical (unpaired) electrons. The summed E-state index contributed by atoms with van der Waals surface area (Å²) in [5.74, 6) is -0.667. The Morgan fingerprint density at radius 3 is 2.80 bits per heavy atom. The highest BCUT2D eigenvalue weighted by molar-refractivity contribution is 5.77. The summed E-state index contributed by atoms with van der Waals surface area (Å²) in [5.41, 5.74) is 1.45. The molecule has 104 valence electrons. The van der Waals surface area contributed by atoms with Gasteiger partial charge in [-0.2, -0.15) is 4.98 Å². The fourth-order valence-corrected chi connectivity index (χ4v) is 2.73. The SMILES string of the molecule is Cc1ccncc1-c1noc(C2C(C(=O)O)C2(C)C)n1. The summed E-state index contributed by atoms with van der Waals surface area (Å²) >= 11 is 0. The second-order valence-electron chi connectivity index (χ2n) is 5.76. The van der Waals surface area contributed by atoms with Crippen LogP contribution in [0.25, 0.3) is 11.4 Å². The molecule has 1 saturated carbocycles. The molecule has 3 rings (SSSR count). The van der Waals surface area contributed by atoms with E-state index < -0.39 is 11.9 Å². The first-order chi connectivity index (χ1) is 9.43. The molecule has 0 spiro atoms. The molecule has 1 aliphatic rings. The molecular weight excluding hydrogens is 258 g/mol. The third-order valence-electron chi connectivity index (χ3n) is 4.08. The summed E-state index contributed by atoms with van der Waals surface area (Å²) in [6.07, 6.45) is 3.38. The van der Waals surface area contributed by atoms with E-state index in [9.17, 15) is 9.90 Å². The second-order valence-corrected chi connectivity index (χ2v) is 5.76. The van der Waals surface area contributed by atoms with Crippen LogP contribution < -0.4 is 0 Å². The van der Waals surface area contributed by atoms with Gasteiger partial charge in [-0.3, -0.25) is 9.78 Å². The number of rotatable bonds is 3. The standard InChI is InChI=1S/C14H15N3O3/c1-7-4-5-15-6-8(7)11-16-12(20-17-11)9-10(13(18)19)14(9,2)3/h4-6,9-10H,1-3H3,(H,18,19). The van der Waals surface area contributed by atoms with Crippen molar-refractivity contribution in [3.63, 3.8) is 0 Å². The number of nitrogens with zero attached hydrogens (tertiary/aromatic N) is 3. The van der Waals surface area contributed by atoms with Gasteiger partial charge in [-0.1, -0.05) is 19.0 Å². The van der Waals surface area contributed by atoms with Crippen molar-refractivity contribution in [1.82, 2.24) is 15.1 Å². The lowest BCUT2D eigenvalue weighted by atomic mass is 10.1. The first kappa shape index (κ1) is 12.8. The van der Waals surface area contributed by atoms with Crippen molar-refractivity contribution in [1.29, 1.82) is 0 Å². The minimum absolute atomic E-state index is 0.224. The molecule has 2 atom stereocenters. The molecule has 6 heteroatoms. The van der Waals surface area contributed by atoms with Gasteiger partial charge < -0.3 is 9.63 Å². The quantitative estimate of drug-likeness (QED) is 0.922. The Hall–Kier alpha value is -2.24. The number of carboxylic acid groups (broad SMARTS) is 1. The van der Waals surface area contributed by atoms with Crippen molar-refractivity contribution >= 4 is 5.97 Å². The first-order valence-corrected chi connectivity index (χ1v) is 6.40. The highest BCUT2D eigenvalue weighted by Gasteiger charge is 2.65. The molecule has 0 aliphatic heterocycles. The van der Waals surface area contributed by atoms with E-state index in [1.165, 1.54) is 0 Å². The molecule has 2 aromatic heterocycles. The molecule has 0 aromatic carbocycles. The van der Waals surface area contributed by atoms with Crippen LogP contribution in [0.15, 0.2) is 23.0 Å². The zero-order valence-electron chi connectivity index (χ0n) is 11.5. The molecule has 20 heavy (non-hydrogen) atoms. The van der Waals surface area contributed by atoms with Crippen molar-refractivity contribution in [2.24, 2.45) is 11.3 Å². The van der Waals surface area contributed by atoms with Gasteiger partial charge in [0.2, 0.25) is 11.7 Å². The molecule has 2 heterocycles. The van der Waals surface area contributed by atoms with Crippen molar-refractivity contribution in [3.05, 3.63) is 29.9 Å². The minimum Gasteiger partial charge on any atom is -0.481 e. The summed E-state index contributed by atoms with van der Waals surface area (Å²) in [7, 11) is 0. The van der Waals surface area contributed by atoms with Gasteiger partial charge >= 0.3 is 5.97 Å². The molecule has 0 bridgehead atoms. The van der Waals surface area contributed by atoms with Gasteiger partial charge in [-0.15, -0.1) is 0 Å². The molecule has 0 saturated heterocycles. The van der Waals surface area contributed by atoms with E-state index >= 15 is 0 Å². The normalized spacial score (nSPS) is 23.6. The molecule has 1 N–H and O–H groups in total. The molecule has 2 aromatic rings. The van der Waals surface area contributed by atoms with E-state index in [0.717, 1.165) is 11.1 Å². The van der Waals surface area contributed by atoms with Crippen molar-refractivity contribution in [2.75, 3.05) is 0 Å². The Morgan fingerprint density at radius 1 is 1.45 bits per heavy atom. The average Bonchev–Trinajstić information content (AvgIpc) is 2.74. The topological polar surface area (TPSA) is 89.1 Å². The number of pyridine rings is 1. The van der Waals surface area contributed by atoms with Crippen LogP contribution >= 0.6 is 0 Å². The summed E-state index contributed by atoms with van der Waals surface area (Å²) in [5, 5.41) is 13.1. The third kappa shape index (κ3) is 1.79. The summed E-state index contributed by atoms with van der Waals surface area (Å²) < 4.78 is 5.26. The van der Waals surface area contributed by atoms with Crippen LogP contribution in [0.1, 0.15) is 31.2 Å². The lowest BCUT2D eigenvalue weighted by Crippen LogP contribution is -2.03. The Kier molecular flexibility index (Phi) is 2.64. The van der Waals surface area contributed by atoms with E-state index in [4.69, 9.17) is 4.52 Å². The zero-order valence-corrected chi connectivity index (χ0v) is 11.5. The summed E-state index contributed by atoms with van der Waals surface area (Å²) in [4.78, 5) is 19.6. The minimum atomic E-state index is -0.822. The van der Waals surface area contributed by atoms with Crippen LogP contribution in [-0.2, 0) is 4.79 Å². The van der Waals surface area contributed by atoms with E-state index in [0.29, 0.717) is 11.7 Å². The van der Waals surface area contributed by atoms with E-state index in [1.807, 2.05) is 26.8 Å². The van der Waals surface area contributed by atoms with Crippen LogP contribution in [-0.4, -0.2) is 26.2 Å². The molecule has 1 aliphatic carbocycles. The molecule has 0 amide bonds. The Labute approximate surface area is 115 Å². The van der Waals surface area contributed by atoms with Crippen LogP contribution in [0.5, 0.6) is 0 Å². The second kappa shape index (κ2) is 4.13. The van der Waals surface area contributed by atoms with Crippen molar-refractivity contribution < 1.29 is 14.4 Å². The maximum absolute atomic E-state index is 11.2. The smallest absolute Gasteiger partial charge is 0.307 e. The predicted octanol–water partition coefficient (Wildman–Crippen LogP) is 2.26. The molecular formula is C14H15N3O3. The monoisotopic (exact) mass is 273 g/mol. The van der Waals surface area contributed by atoms with E-state index in [-0.39, 0.29) is 11.3 Å².